The summed E-state index contributed by atoms with van der Waals surface area (Å²) in [4.78, 5) is 11.4. The first-order chi connectivity index (χ1) is 13.6. The van der Waals surface area contributed by atoms with Crippen LogP contribution in [0.4, 0.5) is 5.82 Å². The van der Waals surface area contributed by atoms with Crippen molar-refractivity contribution in [3.05, 3.63) is 48.7 Å². The molecule has 0 bridgehead atoms. The van der Waals surface area contributed by atoms with Gasteiger partial charge in [-0.15, -0.1) is 0 Å². The average Bonchev–Trinajstić information content (AvgIpc) is 3.21. The van der Waals surface area contributed by atoms with Gasteiger partial charge in [0.2, 0.25) is 16.8 Å². The summed E-state index contributed by atoms with van der Waals surface area (Å²) in [7, 11) is -3.59. The molecule has 0 N–H and O–H groups in total. The van der Waals surface area contributed by atoms with Crippen molar-refractivity contribution in [1.29, 1.82) is 0 Å². The molecule has 0 aliphatic carbocycles. The number of nitrogens with zero attached hydrogens (tertiary/aromatic N) is 4. The van der Waals surface area contributed by atoms with Gasteiger partial charge in [0.25, 0.3) is 0 Å². The highest BCUT2D eigenvalue weighted by atomic mass is 32.2. The van der Waals surface area contributed by atoms with Gasteiger partial charge in [0.05, 0.1) is 22.1 Å². The Morgan fingerprint density at radius 2 is 1.64 bits per heavy atom. The molecule has 0 spiro atoms. The van der Waals surface area contributed by atoms with E-state index in [1.807, 2.05) is 24.3 Å². The number of ether oxygens (including phenoxy) is 2. The highest BCUT2D eigenvalue weighted by Crippen LogP contribution is 2.34. The number of benzene rings is 2. The molecule has 0 atom stereocenters. The normalized spacial score (nSPS) is 17.2. The molecular weight excluding hydrogens is 380 g/mol. The van der Waals surface area contributed by atoms with Crippen molar-refractivity contribution in [2.24, 2.45) is 0 Å². The van der Waals surface area contributed by atoms with E-state index >= 15 is 0 Å². The van der Waals surface area contributed by atoms with Crippen LogP contribution in [0.1, 0.15) is 0 Å². The third-order valence-electron chi connectivity index (χ3n) is 4.98. The van der Waals surface area contributed by atoms with Crippen molar-refractivity contribution in [3.63, 3.8) is 0 Å². The fourth-order valence-corrected chi connectivity index (χ4v) is 4.88. The van der Waals surface area contributed by atoms with Gasteiger partial charge < -0.3 is 14.4 Å². The molecule has 0 saturated carbocycles. The van der Waals surface area contributed by atoms with Gasteiger partial charge in [0, 0.05) is 32.2 Å². The van der Waals surface area contributed by atoms with Crippen molar-refractivity contribution in [1.82, 2.24) is 14.3 Å². The minimum absolute atomic E-state index is 0.115. The molecule has 1 saturated heterocycles. The van der Waals surface area contributed by atoms with Crippen LogP contribution < -0.4 is 14.4 Å². The molecule has 0 unspecified atom stereocenters. The molecule has 8 nitrogen and oxygen atoms in total. The van der Waals surface area contributed by atoms with Gasteiger partial charge in [-0.3, -0.25) is 4.98 Å². The number of sulfonamides is 1. The van der Waals surface area contributed by atoms with Gasteiger partial charge in [-0.05, 0) is 24.3 Å². The average molecular weight is 398 g/mol. The summed E-state index contributed by atoms with van der Waals surface area (Å²) in [6, 6.07) is 12.4. The van der Waals surface area contributed by atoms with Crippen LogP contribution in [-0.2, 0) is 10.0 Å². The van der Waals surface area contributed by atoms with Crippen LogP contribution in [0.25, 0.3) is 11.0 Å². The molecule has 2 aromatic carbocycles. The van der Waals surface area contributed by atoms with E-state index in [2.05, 4.69) is 14.9 Å². The van der Waals surface area contributed by atoms with Crippen LogP contribution >= 0.6 is 0 Å². The molecule has 28 heavy (non-hydrogen) atoms. The molecular formula is C19H18N4O4S. The fraction of sp³-hybridized carbons (Fsp3) is 0.263. The van der Waals surface area contributed by atoms with Crippen molar-refractivity contribution < 1.29 is 17.9 Å². The first-order valence-corrected chi connectivity index (χ1v) is 10.4. The van der Waals surface area contributed by atoms with E-state index in [-0.39, 0.29) is 11.7 Å². The first kappa shape index (κ1) is 17.2. The van der Waals surface area contributed by atoms with Gasteiger partial charge in [0.1, 0.15) is 5.82 Å². The lowest BCUT2D eigenvalue weighted by molar-refractivity contribution is 0.174. The molecule has 2 aliphatic rings. The number of hydrogen-bond acceptors (Lipinski definition) is 7. The highest BCUT2D eigenvalue weighted by molar-refractivity contribution is 7.89. The number of para-hydroxylation sites is 2. The lowest BCUT2D eigenvalue weighted by Crippen LogP contribution is -2.48. The minimum atomic E-state index is -3.59. The van der Waals surface area contributed by atoms with Gasteiger partial charge in [-0.25, -0.2) is 13.4 Å². The molecule has 5 rings (SSSR count). The fourth-order valence-electron chi connectivity index (χ4n) is 3.44. The van der Waals surface area contributed by atoms with E-state index < -0.39 is 10.0 Å². The summed E-state index contributed by atoms with van der Waals surface area (Å²) in [6.45, 7) is 1.98. The van der Waals surface area contributed by atoms with Crippen molar-refractivity contribution in [2.75, 3.05) is 37.9 Å². The number of fused-ring (bicyclic) bond motifs is 2. The number of hydrogen-bond donors (Lipinski definition) is 0. The van der Waals surface area contributed by atoms with Gasteiger partial charge in [0.15, 0.2) is 11.5 Å². The van der Waals surface area contributed by atoms with E-state index in [1.54, 1.807) is 18.3 Å². The Kier molecular flexibility index (Phi) is 4.06. The molecule has 2 aliphatic heterocycles. The highest BCUT2D eigenvalue weighted by Gasteiger charge is 2.30. The summed E-state index contributed by atoms with van der Waals surface area (Å²) in [5.74, 6) is 1.80. The predicted octanol–water partition coefficient (Wildman–Crippen LogP) is 1.87. The van der Waals surface area contributed by atoms with Gasteiger partial charge >= 0.3 is 0 Å². The Morgan fingerprint density at radius 1 is 0.893 bits per heavy atom. The van der Waals surface area contributed by atoms with Gasteiger partial charge in [-0.1, -0.05) is 12.1 Å². The maximum atomic E-state index is 13.0. The zero-order valence-corrected chi connectivity index (χ0v) is 15.8. The zero-order chi connectivity index (χ0) is 19.1. The predicted molar refractivity (Wildman–Crippen MR) is 103 cm³/mol. The minimum Gasteiger partial charge on any atom is -0.454 e. The van der Waals surface area contributed by atoms with Gasteiger partial charge in [-0.2, -0.15) is 4.31 Å². The van der Waals surface area contributed by atoms with E-state index in [4.69, 9.17) is 9.47 Å². The topological polar surface area (TPSA) is 84.9 Å². The van der Waals surface area contributed by atoms with E-state index in [9.17, 15) is 8.42 Å². The summed E-state index contributed by atoms with van der Waals surface area (Å²) in [6.07, 6.45) is 1.74. The maximum absolute atomic E-state index is 13.0. The summed E-state index contributed by atoms with van der Waals surface area (Å²) in [5.41, 5.74) is 1.67. The second kappa shape index (κ2) is 6.61. The summed E-state index contributed by atoms with van der Waals surface area (Å²) < 4.78 is 38.0. The van der Waals surface area contributed by atoms with Crippen LogP contribution in [0.5, 0.6) is 11.5 Å². The smallest absolute Gasteiger partial charge is 0.243 e. The maximum Gasteiger partial charge on any atom is 0.243 e. The molecule has 0 amide bonds. The van der Waals surface area contributed by atoms with Crippen LogP contribution in [0, 0.1) is 0 Å². The third-order valence-corrected chi connectivity index (χ3v) is 6.87. The van der Waals surface area contributed by atoms with E-state index in [0.29, 0.717) is 37.7 Å². The molecule has 1 aromatic heterocycles. The standard InChI is InChI=1S/C19H18N4O4S/c24-28(25,14-5-6-17-18(11-14)27-13-26-17)23-9-7-22(8-10-23)19-12-20-15-3-1-2-4-16(15)21-19/h1-6,11-12H,7-10,13H2. The van der Waals surface area contributed by atoms with E-state index in [0.717, 1.165) is 16.9 Å². The Hall–Kier alpha value is -2.91. The lowest BCUT2D eigenvalue weighted by Gasteiger charge is -2.34. The number of anilines is 1. The molecule has 0 radical (unpaired) electrons. The summed E-state index contributed by atoms with van der Waals surface area (Å²) in [5, 5.41) is 0. The largest absolute Gasteiger partial charge is 0.454 e. The Balaban J connectivity index is 1.33. The second-order valence-corrected chi connectivity index (χ2v) is 8.56. The van der Waals surface area contributed by atoms with Crippen LogP contribution in [0.3, 0.4) is 0 Å². The number of aromatic nitrogens is 2. The Morgan fingerprint density at radius 3 is 2.46 bits per heavy atom. The monoisotopic (exact) mass is 398 g/mol. The lowest BCUT2D eigenvalue weighted by atomic mass is 10.3. The van der Waals surface area contributed by atoms with Crippen molar-refractivity contribution in [2.45, 2.75) is 4.90 Å². The summed E-state index contributed by atoms with van der Waals surface area (Å²) >= 11 is 0. The molecule has 3 aromatic rings. The number of rotatable bonds is 3. The SMILES string of the molecule is O=S(=O)(c1ccc2c(c1)OCO2)N1CCN(c2cnc3ccccc3n2)CC1. The van der Waals surface area contributed by atoms with Crippen LogP contribution in [0.2, 0.25) is 0 Å². The molecule has 144 valence electrons. The van der Waals surface area contributed by atoms with Crippen molar-refractivity contribution >= 4 is 26.9 Å². The zero-order valence-electron chi connectivity index (χ0n) is 15.0. The Bertz CT molecular complexity index is 1140. The van der Waals surface area contributed by atoms with Crippen LogP contribution in [0.15, 0.2) is 53.6 Å². The first-order valence-electron chi connectivity index (χ1n) is 8.98. The third kappa shape index (κ3) is 2.92. The number of piperazine rings is 1. The molecule has 3 heterocycles. The quantitative estimate of drug-likeness (QED) is 0.666. The van der Waals surface area contributed by atoms with Crippen molar-refractivity contribution in [3.8, 4) is 11.5 Å². The molecule has 1 fully saturated rings. The Labute approximate surface area is 162 Å². The van der Waals surface area contributed by atoms with E-state index in [1.165, 1.54) is 10.4 Å². The van der Waals surface area contributed by atoms with Crippen LogP contribution in [-0.4, -0.2) is 55.7 Å². The molecule has 9 heteroatoms. The second-order valence-electron chi connectivity index (χ2n) is 6.62.